The number of amidine groups is 1. The molecular formula is C19H26N2O4S2. The topological polar surface area (TPSA) is 76.0 Å². The van der Waals surface area contributed by atoms with E-state index in [4.69, 9.17) is 4.74 Å². The van der Waals surface area contributed by atoms with E-state index in [-0.39, 0.29) is 34.6 Å². The number of ether oxygens (including phenoxy) is 1. The molecule has 1 amide bonds. The van der Waals surface area contributed by atoms with E-state index in [0.717, 1.165) is 24.2 Å². The number of methoxy groups -OCH3 is 1. The van der Waals surface area contributed by atoms with Gasteiger partial charge in [0.2, 0.25) is 0 Å². The van der Waals surface area contributed by atoms with Gasteiger partial charge in [-0.15, -0.1) is 0 Å². The third kappa shape index (κ3) is 4.66. The quantitative estimate of drug-likeness (QED) is 0.717. The molecule has 8 heteroatoms. The number of amides is 1. The lowest BCUT2D eigenvalue weighted by Crippen LogP contribution is -2.39. The van der Waals surface area contributed by atoms with Crippen molar-refractivity contribution in [2.75, 3.05) is 25.2 Å². The summed E-state index contributed by atoms with van der Waals surface area (Å²) >= 11 is 1.45. The molecule has 1 aromatic carbocycles. The molecule has 2 aliphatic rings. The first kappa shape index (κ1) is 20.2. The van der Waals surface area contributed by atoms with E-state index in [9.17, 15) is 13.2 Å². The molecule has 3 atom stereocenters. The minimum Gasteiger partial charge on any atom is -0.497 e. The molecule has 0 aromatic heterocycles. The predicted molar refractivity (Wildman–Crippen MR) is 109 cm³/mol. The van der Waals surface area contributed by atoms with E-state index in [2.05, 4.69) is 4.99 Å². The summed E-state index contributed by atoms with van der Waals surface area (Å²) in [5.74, 6) is 0.865. The van der Waals surface area contributed by atoms with Gasteiger partial charge in [-0.1, -0.05) is 37.7 Å². The standard InChI is InChI=1S/C19H26N2O4S2/c1-4-13(2)18(22)20-19-21(16-11-27(23,24)12-17(16)26-19)10-9-14-5-7-15(25-3)8-6-14/h5-8,13,16-17H,4,9-12H2,1-3H3/t13-,16+,17+/m1/s1. The maximum absolute atomic E-state index is 12.3. The summed E-state index contributed by atoms with van der Waals surface area (Å²) in [5, 5.41) is 0.646. The molecule has 27 heavy (non-hydrogen) atoms. The Hall–Kier alpha value is -1.54. The highest BCUT2D eigenvalue weighted by atomic mass is 32.2. The largest absolute Gasteiger partial charge is 0.497 e. The minimum absolute atomic E-state index is 0.0330. The fourth-order valence-electron chi connectivity index (χ4n) is 3.32. The van der Waals surface area contributed by atoms with E-state index in [1.54, 1.807) is 7.11 Å². The van der Waals surface area contributed by atoms with Crippen molar-refractivity contribution in [3.8, 4) is 5.75 Å². The van der Waals surface area contributed by atoms with Gasteiger partial charge in [0.1, 0.15) is 5.75 Å². The van der Waals surface area contributed by atoms with Crippen molar-refractivity contribution < 1.29 is 17.9 Å². The highest BCUT2D eigenvalue weighted by molar-refractivity contribution is 8.15. The number of carbonyl (C=O) groups is 1. The number of benzene rings is 1. The van der Waals surface area contributed by atoms with E-state index in [0.29, 0.717) is 11.7 Å². The monoisotopic (exact) mass is 410 g/mol. The summed E-state index contributed by atoms with van der Waals surface area (Å²) in [5.41, 5.74) is 1.14. The summed E-state index contributed by atoms with van der Waals surface area (Å²) in [4.78, 5) is 18.7. The Morgan fingerprint density at radius 2 is 2.04 bits per heavy atom. The van der Waals surface area contributed by atoms with Gasteiger partial charge in [-0.25, -0.2) is 8.42 Å². The van der Waals surface area contributed by atoms with E-state index < -0.39 is 9.84 Å². The molecule has 0 bridgehead atoms. The van der Waals surface area contributed by atoms with Crippen LogP contribution in [0, 0.1) is 5.92 Å². The normalized spacial score (nSPS) is 26.2. The Morgan fingerprint density at radius 1 is 1.33 bits per heavy atom. The number of carbonyl (C=O) groups excluding carboxylic acids is 1. The van der Waals surface area contributed by atoms with Gasteiger partial charge in [-0.05, 0) is 30.5 Å². The van der Waals surface area contributed by atoms with Gasteiger partial charge in [0, 0.05) is 17.7 Å². The molecule has 0 unspecified atom stereocenters. The Bertz CT molecular complexity index is 821. The third-order valence-corrected chi connectivity index (χ3v) is 8.46. The zero-order valence-electron chi connectivity index (χ0n) is 15.9. The molecule has 0 saturated carbocycles. The molecule has 2 saturated heterocycles. The van der Waals surface area contributed by atoms with Gasteiger partial charge in [-0.3, -0.25) is 4.79 Å². The van der Waals surface area contributed by atoms with Crippen molar-refractivity contribution >= 4 is 32.7 Å². The van der Waals surface area contributed by atoms with Crippen LogP contribution < -0.4 is 4.74 Å². The second-order valence-electron chi connectivity index (χ2n) is 7.13. The lowest BCUT2D eigenvalue weighted by molar-refractivity contribution is -0.121. The highest BCUT2D eigenvalue weighted by Gasteiger charge is 2.48. The number of nitrogens with zero attached hydrogens (tertiary/aromatic N) is 2. The number of rotatable bonds is 6. The molecule has 0 N–H and O–H groups in total. The fraction of sp³-hybridized carbons (Fsp3) is 0.579. The van der Waals surface area contributed by atoms with Crippen LogP contribution in [0.5, 0.6) is 5.75 Å². The second kappa shape index (κ2) is 8.22. The van der Waals surface area contributed by atoms with Crippen LogP contribution in [0.4, 0.5) is 0 Å². The molecule has 1 aromatic rings. The first-order valence-electron chi connectivity index (χ1n) is 9.22. The van der Waals surface area contributed by atoms with Gasteiger partial charge in [0.05, 0.1) is 24.7 Å². The Morgan fingerprint density at radius 3 is 2.67 bits per heavy atom. The Kier molecular flexibility index (Phi) is 6.15. The van der Waals surface area contributed by atoms with Crippen LogP contribution in [0.15, 0.2) is 29.3 Å². The SMILES string of the molecule is CC[C@@H](C)C(=O)N=C1S[C@H]2CS(=O)(=O)C[C@@H]2N1CCc1ccc(OC)cc1. The fourth-order valence-corrected chi connectivity index (χ4v) is 7.30. The van der Waals surface area contributed by atoms with Gasteiger partial charge in [0.15, 0.2) is 15.0 Å². The lowest BCUT2D eigenvalue weighted by atomic mass is 10.1. The minimum atomic E-state index is -3.02. The maximum Gasteiger partial charge on any atom is 0.250 e. The number of thioether (sulfide) groups is 1. The smallest absolute Gasteiger partial charge is 0.250 e. The number of aliphatic imine (C=N–C) groups is 1. The number of hydrogen-bond acceptors (Lipinski definition) is 5. The van der Waals surface area contributed by atoms with Crippen molar-refractivity contribution in [3.05, 3.63) is 29.8 Å². The molecule has 2 aliphatic heterocycles. The summed E-state index contributed by atoms with van der Waals surface area (Å²) in [7, 11) is -1.39. The summed E-state index contributed by atoms with van der Waals surface area (Å²) in [6.07, 6.45) is 1.50. The number of sulfone groups is 1. The Labute approximate surface area is 165 Å². The number of hydrogen-bond donors (Lipinski definition) is 0. The summed E-state index contributed by atoms with van der Waals surface area (Å²) in [6, 6.07) is 7.75. The Balaban J connectivity index is 1.77. The first-order valence-corrected chi connectivity index (χ1v) is 11.9. The molecule has 6 nitrogen and oxygen atoms in total. The predicted octanol–water partition coefficient (Wildman–Crippen LogP) is 2.38. The van der Waals surface area contributed by atoms with Crippen molar-refractivity contribution in [3.63, 3.8) is 0 Å². The maximum atomic E-state index is 12.3. The molecular weight excluding hydrogens is 384 g/mol. The number of fused-ring (bicyclic) bond motifs is 1. The zero-order chi connectivity index (χ0) is 19.6. The van der Waals surface area contributed by atoms with Gasteiger partial charge >= 0.3 is 0 Å². The first-order chi connectivity index (χ1) is 12.8. The highest BCUT2D eigenvalue weighted by Crippen LogP contribution is 2.38. The molecule has 0 aliphatic carbocycles. The average molecular weight is 411 g/mol. The molecule has 148 valence electrons. The van der Waals surface area contributed by atoms with Crippen molar-refractivity contribution in [1.82, 2.24) is 4.90 Å². The molecule has 0 radical (unpaired) electrons. The van der Waals surface area contributed by atoms with Crippen LogP contribution in [0.2, 0.25) is 0 Å². The van der Waals surface area contributed by atoms with Crippen LogP contribution in [0.1, 0.15) is 25.8 Å². The van der Waals surface area contributed by atoms with Crippen molar-refractivity contribution in [1.29, 1.82) is 0 Å². The van der Waals surface area contributed by atoms with E-state index >= 15 is 0 Å². The van der Waals surface area contributed by atoms with Gasteiger partial charge < -0.3 is 9.64 Å². The van der Waals surface area contributed by atoms with Gasteiger partial charge in [-0.2, -0.15) is 4.99 Å². The lowest BCUT2D eigenvalue weighted by Gasteiger charge is -2.24. The van der Waals surface area contributed by atoms with Crippen LogP contribution in [-0.2, 0) is 21.1 Å². The van der Waals surface area contributed by atoms with E-state index in [1.807, 2.05) is 43.0 Å². The van der Waals surface area contributed by atoms with Crippen LogP contribution in [0.25, 0.3) is 0 Å². The van der Waals surface area contributed by atoms with Crippen LogP contribution in [-0.4, -0.2) is 60.8 Å². The van der Waals surface area contributed by atoms with Gasteiger partial charge in [0.25, 0.3) is 5.91 Å². The average Bonchev–Trinajstić information content (AvgIpc) is 3.10. The van der Waals surface area contributed by atoms with Crippen molar-refractivity contribution in [2.24, 2.45) is 10.9 Å². The zero-order valence-corrected chi connectivity index (χ0v) is 17.6. The molecule has 3 rings (SSSR count). The molecule has 2 fully saturated rings. The van der Waals surface area contributed by atoms with Crippen molar-refractivity contribution in [2.45, 2.75) is 38.0 Å². The summed E-state index contributed by atoms with van der Waals surface area (Å²) < 4.78 is 29.3. The second-order valence-corrected chi connectivity index (χ2v) is 10.5. The molecule has 0 spiro atoms. The summed E-state index contributed by atoms with van der Waals surface area (Å²) in [6.45, 7) is 4.48. The van der Waals surface area contributed by atoms with Crippen LogP contribution in [0.3, 0.4) is 0 Å². The molecule has 2 heterocycles. The van der Waals surface area contributed by atoms with Crippen LogP contribution >= 0.6 is 11.8 Å². The van der Waals surface area contributed by atoms with E-state index in [1.165, 1.54) is 11.8 Å². The third-order valence-electron chi connectivity index (χ3n) is 5.22.